The fourth-order valence-corrected chi connectivity index (χ4v) is 2.79. The zero-order valence-electron chi connectivity index (χ0n) is 12.6. The molecule has 0 radical (unpaired) electrons. The third kappa shape index (κ3) is 4.71. The summed E-state index contributed by atoms with van der Waals surface area (Å²) in [7, 11) is 3.98. The van der Waals surface area contributed by atoms with Crippen molar-refractivity contribution in [3.8, 4) is 0 Å². The number of halogens is 2. The highest BCUT2D eigenvalue weighted by Gasteiger charge is 2.23. The molecule has 114 valence electrons. The van der Waals surface area contributed by atoms with Crippen molar-refractivity contribution in [2.24, 2.45) is 0 Å². The van der Waals surface area contributed by atoms with Gasteiger partial charge >= 0.3 is 0 Å². The van der Waals surface area contributed by atoms with Gasteiger partial charge in [0.2, 0.25) is 0 Å². The summed E-state index contributed by atoms with van der Waals surface area (Å²) in [4.78, 5) is 2.17. The third-order valence-electron chi connectivity index (χ3n) is 3.86. The van der Waals surface area contributed by atoms with E-state index in [4.69, 9.17) is 11.6 Å². The summed E-state index contributed by atoms with van der Waals surface area (Å²) in [6.45, 7) is 5.10. The summed E-state index contributed by atoms with van der Waals surface area (Å²) in [6.07, 6.45) is 0.928. The quantitative estimate of drug-likeness (QED) is 0.779. The fraction of sp³-hybridized carbons (Fsp3) is 0.600. The molecule has 0 spiro atoms. The van der Waals surface area contributed by atoms with Crippen molar-refractivity contribution in [1.29, 1.82) is 0 Å². The van der Waals surface area contributed by atoms with Crippen LogP contribution in [0.1, 0.15) is 31.9 Å². The average molecular weight is 364 g/mol. The van der Waals surface area contributed by atoms with Gasteiger partial charge in [-0.25, -0.2) is 0 Å². The summed E-state index contributed by atoms with van der Waals surface area (Å²) >= 11 is 9.74. The molecule has 0 bridgehead atoms. The lowest BCUT2D eigenvalue weighted by atomic mass is 10.0. The first-order chi connectivity index (χ1) is 9.31. The molecule has 3 nitrogen and oxygen atoms in total. The predicted octanol–water partition coefficient (Wildman–Crippen LogP) is 3.46. The summed E-state index contributed by atoms with van der Waals surface area (Å²) in [6, 6.07) is 6.17. The average Bonchev–Trinajstić information content (AvgIpc) is 2.40. The Morgan fingerprint density at radius 1 is 1.45 bits per heavy atom. The number of benzene rings is 1. The molecule has 1 unspecified atom stereocenters. The van der Waals surface area contributed by atoms with Gasteiger partial charge in [-0.05, 0) is 52.1 Å². The van der Waals surface area contributed by atoms with E-state index in [0.717, 1.165) is 28.0 Å². The van der Waals surface area contributed by atoms with Gasteiger partial charge in [-0.15, -0.1) is 0 Å². The second kappa shape index (κ2) is 7.76. The standard InChI is InChI=1S/C15H24BrClN2O/c1-15(2,10-20)19(4)8-7-14(18-3)12-6-5-11(16)9-13(12)17/h5-6,9,14,18,20H,7-8,10H2,1-4H3. The maximum atomic E-state index is 9.39. The van der Waals surface area contributed by atoms with Gasteiger partial charge in [0.15, 0.2) is 0 Å². The normalized spacial score (nSPS) is 13.8. The van der Waals surface area contributed by atoms with Crippen LogP contribution in [0.2, 0.25) is 5.02 Å². The summed E-state index contributed by atoms with van der Waals surface area (Å²) < 4.78 is 0.986. The predicted molar refractivity (Wildman–Crippen MR) is 89.4 cm³/mol. The Kier molecular flexibility index (Phi) is 6.95. The molecule has 1 aromatic carbocycles. The molecule has 0 amide bonds. The third-order valence-corrected chi connectivity index (χ3v) is 4.68. The highest BCUT2D eigenvalue weighted by atomic mass is 79.9. The van der Waals surface area contributed by atoms with Gasteiger partial charge in [-0.3, -0.25) is 4.90 Å². The van der Waals surface area contributed by atoms with E-state index < -0.39 is 0 Å². The zero-order valence-corrected chi connectivity index (χ0v) is 14.9. The first-order valence-electron chi connectivity index (χ1n) is 6.76. The molecule has 1 rings (SSSR count). The molecule has 5 heteroatoms. The van der Waals surface area contributed by atoms with E-state index in [9.17, 15) is 5.11 Å². The van der Waals surface area contributed by atoms with Crippen LogP contribution >= 0.6 is 27.5 Å². The van der Waals surface area contributed by atoms with E-state index in [1.807, 2.05) is 46.1 Å². The number of aliphatic hydroxyl groups is 1. The Morgan fingerprint density at radius 3 is 2.60 bits per heavy atom. The summed E-state index contributed by atoms with van der Waals surface area (Å²) in [5, 5.41) is 13.5. The number of hydrogen-bond acceptors (Lipinski definition) is 3. The van der Waals surface area contributed by atoms with Crippen molar-refractivity contribution in [1.82, 2.24) is 10.2 Å². The number of rotatable bonds is 7. The molecule has 0 aliphatic rings. The molecule has 1 atom stereocenters. The van der Waals surface area contributed by atoms with Crippen molar-refractivity contribution in [3.63, 3.8) is 0 Å². The van der Waals surface area contributed by atoms with Crippen molar-refractivity contribution in [3.05, 3.63) is 33.3 Å². The number of likely N-dealkylation sites (N-methyl/N-ethyl adjacent to an activating group) is 1. The molecule has 0 fully saturated rings. The Balaban J connectivity index is 2.73. The molecule has 0 aromatic heterocycles. The van der Waals surface area contributed by atoms with Crippen LogP contribution in [-0.2, 0) is 0 Å². The second-order valence-corrected chi connectivity index (χ2v) is 7.01. The first-order valence-corrected chi connectivity index (χ1v) is 7.93. The van der Waals surface area contributed by atoms with Crippen LogP contribution < -0.4 is 5.32 Å². The van der Waals surface area contributed by atoms with Gasteiger partial charge in [0.25, 0.3) is 0 Å². The smallest absolute Gasteiger partial charge is 0.0609 e. The van der Waals surface area contributed by atoms with Gasteiger partial charge in [0.1, 0.15) is 0 Å². The summed E-state index contributed by atoms with van der Waals surface area (Å²) in [5.41, 5.74) is 0.898. The SMILES string of the molecule is CNC(CCN(C)C(C)(C)CO)c1ccc(Br)cc1Cl. The molecule has 0 saturated heterocycles. The van der Waals surface area contributed by atoms with Crippen LogP contribution in [0.5, 0.6) is 0 Å². The molecule has 0 heterocycles. The van der Waals surface area contributed by atoms with Gasteiger partial charge in [-0.1, -0.05) is 33.6 Å². The highest BCUT2D eigenvalue weighted by molar-refractivity contribution is 9.10. The molecule has 2 N–H and O–H groups in total. The monoisotopic (exact) mass is 362 g/mol. The van der Waals surface area contributed by atoms with Crippen molar-refractivity contribution in [2.45, 2.75) is 31.8 Å². The Hall–Kier alpha value is -0.130. The molecule has 20 heavy (non-hydrogen) atoms. The zero-order chi connectivity index (χ0) is 15.3. The van der Waals surface area contributed by atoms with E-state index in [1.54, 1.807) is 0 Å². The maximum Gasteiger partial charge on any atom is 0.0609 e. The van der Waals surface area contributed by atoms with E-state index >= 15 is 0 Å². The largest absolute Gasteiger partial charge is 0.394 e. The first kappa shape index (κ1) is 17.9. The van der Waals surface area contributed by atoms with E-state index in [0.29, 0.717) is 0 Å². The minimum Gasteiger partial charge on any atom is -0.394 e. The molecule has 0 aliphatic heterocycles. The lowest BCUT2D eigenvalue weighted by Gasteiger charge is -2.35. The Bertz CT molecular complexity index is 440. The Labute approximate surface area is 135 Å². The van der Waals surface area contributed by atoms with Crippen molar-refractivity contribution in [2.75, 3.05) is 27.2 Å². The second-order valence-electron chi connectivity index (χ2n) is 5.69. The molecular formula is C15H24BrClN2O. The topological polar surface area (TPSA) is 35.5 Å². The van der Waals surface area contributed by atoms with Crippen molar-refractivity contribution >= 4 is 27.5 Å². The number of aliphatic hydroxyl groups excluding tert-OH is 1. The lowest BCUT2D eigenvalue weighted by molar-refractivity contribution is 0.0760. The molecule has 1 aromatic rings. The van der Waals surface area contributed by atoms with Crippen LogP contribution in [-0.4, -0.2) is 42.8 Å². The van der Waals surface area contributed by atoms with E-state index in [-0.39, 0.29) is 18.2 Å². The Morgan fingerprint density at radius 2 is 2.10 bits per heavy atom. The summed E-state index contributed by atoms with van der Waals surface area (Å²) in [5.74, 6) is 0. The number of nitrogens with one attached hydrogen (secondary N) is 1. The minimum atomic E-state index is -0.207. The number of hydrogen-bond donors (Lipinski definition) is 2. The van der Waals surface area contributed by atoms with Crippen LogP contribution in [0, 0.1) is 0 Å². The highest BCUT2D eigenvalue weighted by Crippen LogP contribution is 2.28. The maximum absolute atomic E-state index is 9.39. The lowest BCUT2D eigenvalue weighted by Crippen LogP contribution is -2.45. The van der Waals surface area contributed by atoms with E-state index in [1.165, 1.54) is 0 Å². The number of nitrogens with zero attached hydrogens (tertiary/aromatic N) is 1. The van der Waals surface area contributed by atoms with Crippen LogP contribution in [0.4, 0.5) is 0 Å². The molecular weight excluding hydrogens is 340 g/mol. The van der Waals surface area contributed by atoms with Crippen LogP contribution in [0.15, 0.2) is 22.7 Å². The minimum absolute atomic E-state index is 0.146. The van der Waals surface area contributed by atoms with Gasteiger partial charge in [0.05, 0.1) is 6.61 Å². The molecule has 0 aliphatic carbocycles. The molecule has 0 saturated carbocycles. The van der Waals surface area contributed by atoms with Gasteiger partial charge in [0, 0.05) is 27.6 Å². The van der Waals surface area contributed by atoms with Crippen LogP contribution in [0.3, 0.4) is 0 Å². The fourth-order valence-electron chi connectivity index (χ4n) is 1.99. The van der Waals surface area contributed by atoms with E-state index in [2.05, 4.69) is 26.1 Å². The van der Waals surface area contributed by atoms with Crippen LogP contribution in [0.25, 0.3) is 0 Å². The van der Waals surface area contributed by atoms with Gasteiger partial charge < -0.3 is 10.4 Å². The van der Waals surface area contributed by atoms with Crippen molar-refractivity contribution < 1.29 is 5.11 Å². The van der Waals surface area contributed by atoms with Gasteiger partial charge in [-0.2, -0.15) is 0 Å².